The van der Waals surface area contributed by atoms with Gasteiger partial charge in [-0.05, 0) is 37.0 Å². The predicted octanol–water partition coefficient (Wildman–Crippen LogP) is 2.70. The third kappa shape index (κ3) is 5.56. The maximum absolute atomic E-state index is 12.8. The first kappa shape index (κ1) is 22.5. The molecule has 170 valence electrons. The zero-order valence-electron chi connectivity index (χ0n) is 18.7. The van der Waals surface area contributed by atoms with E-state index in [1.165, 1.54) is 5.56 Å². The predicted molar refractivity (Wildman–Crippen MR) is 125 cm³/mol. The number of carbonyl (C=O) groups is 2. The summed E-state index contributed by atoms with van der Waals surface area (Å²) in [4.78, 5) is 29.6. The van der Waals surface area contributed by atoms with Gasteiger partial charge in [0.25, 0.3) is 5.91 Å². The number of carbonyl (C=O) groups excluding carboxylic acids is 2. The van der Waals surface area contributed by atoms with Crippen LogP contribution in [0.5, 0.6) is 0 Å². The molecule has 0 aromatic heterocycles. The van der Waals surface area contributed by atoms with Crippen LogP contribution in [0, 0.1) is 0 Å². The summed E-state index contributed by atoms with van der Waals surface area (Å²) >= 11 is 0. The summed E-state index contributed by atoms with van der Waals surface area (Å²) in [6.07, 6.45) is 2.70. The van der Waals surface area contributed by atoms with Crippen LogP contribution in [0.2, 0.25) is 0 Å². The first-order valence-electron chi connectivity index (χ1n) is 11.6. The summed E-state index contributed by atoms with van der Waals surface area (Å²) in [5, 5.41) is 3.20. The second kappa shape index (κ2) is 10.7. The molecule has 0 aliphatic carbocycles. The lowest BCUT2D eigenvalue weighted by Gasteiger charge is -2.38. The molecule has 2 aromatic rings. The van der Waals surface area contributed by atoms with E-state index >= 15 is 0 Å². The van der Waals surface area contributed by atoms with Crippen LogP contribution < -0.4 is 5.32 Å². The van der Waals surface area contributed by atoms with Gasteiger partial charge in [-0.3, -0.25) is 14.5 Å². The molecule has 2 aliphatic rings. The molecule has 0 radical (unpaired) electrons. The van der Waals surface area contributed by atoms with Gasteiger partial charge in [-0.15, -0.1) is 0 Å². The van der Waals surface area contributed by atoms with Gasteiger partial charge in [0.05, 0.1) is 6.54 Å². The van der Waals surface area contributed by atoms with Gasteiger partial charge in [0.15, 0.2) is 0 Å². The minimum absolute atomic E-state index is 0.0506. The minimum atomic E-state index is -0.0626. The lowest BCUT2D eigenvalue weighted by atomic mass is 9.74. The van der Waals surface area contributed by atoms with Gasteiger partial charge in [0.2, 0.25) is 5.91 Å². The van der Waals surface area contributed by atoms with Crippen molar-refractivity contribution in [2.24, 2.45) is 0 Å². The van der Waals surface area contributed by atoms with E-state index in [2.05, 4.69) is 34.5 Å². The van der Waals surface area contributed by atoms with Crippen LogP contribution in [0.25, 0.3) is 0 Å². The fourth-order valence-electron chi connectivity index (χ4n) is 4.74. The van der Waals surface area contributed by atoms with Crippen LogP contribution >= 0.6 is 0 Å². The number of hydrogen-bond acceptors (Lipinski definition) is 4. The van der Waals surface area contributed by atoms with E-state index in [1.807, 2.05) is 41.3 Å². The fourth-order valence-corrected chi connectivity index (χ4v) is 4.74. The normalized spacial score (nSPS) is 19.2. The standard InChI is InChI=1S/C26H33N3O3/c30-24(27-21-26(12-18-32-19-13-26)23-10-5-2-6-11-23)20-28-14-7-15-29(17-16-28)25(31)22-8-3-1-4-9-22/h1-6,8-11H,7,12-21H2,(H,27,30). The Morgan fingerprint density at radius 1 is 0.875 bits per heavy atom. The molecular formula is C26H33N3O3. The summed E-state index contributed by atoms with van der Waals surface area (Å²) in [6, 6.07) is 19.9. The molecule has 0 spiro atoms. The fraction of sp³-hybridized carbons (Fsp3) is 0.462. The van der Waals surface area contributed by atoms with E-state index in [0.717, 1.165) is 51.1 Å². The van der Waals surface area contributed by atoms with Gasteiger partial charge >= 0.3 is 0 Å². The van der Waals surface area contributed by atoms with E-state index in [1.54, 1.807) is 0 Å². The molecule has 2 heterocycles. The number of benzene rings is 2. The third-order valence-corrected chi connectivity index (χ3v) is 6.72. The Labute approximate surface area is 190 Å². The largest absolute Gasteiger partial charge is 0.381 e. The van der Waals surface area contributed by atoms with Crippen molar-refractivity contribution in [2.75, 3.05) is 52.5 Å². The molecule has 6 nitrogen and oxygen atoms in total. The molecule has 32 heavy (non-hydrogen) atoms. The molecule has 2 amide bonds. The Hall–Kier alpha value is -2.70. The number of rotatable bonds is 6. The maximum Gasteiger partial charge on any atom is 0.253 e. The Bertz CT molecular complexity index is 882. The Balaban J connectivity index is 1.30. The average molecular weight is 436 g/mol. The maximum atomic E-state index is 12.8. The molecule has 0 bridgehead atoms. The molecule has 4 rings (SSSR count). The van der Waals surface area contributed by atoms with E-state index in [0.29, 0.717) is 26.2 Å². The molecular weight excluding hydrogens is 402 g/mol. The van der Waals surface area contributed by atoms with Gasteiger partial charge in [-0.1, -0.05) is 48.5 Å². The third-order valence-electron chi connectivity index (χ3n) is 6.72. The Morgan fingerprint density at radius 2 is 1.56 bits per heavy atom. The molecule has 0 unspecified atom stereocenters. The van der Waals surface area contributed by atoms with Crippen molar-refractivity contribution in [2.45, 2.75) is 24.7 Å². The molecule has 1 N–H and O–H groups in total. The topological polar surface area (TPSA) is 61.9 Å². The molecule has 6 heteroatoms. The SMILES string of the molecule is O=C(CN1CCCN(C(=O)c2ccccc2)CC1)NCC1(c2ccccc2)CCOCC1. The van der Waals surface area contributed by atoms with Crippen molar-refractivity contribution in [1.29, 1.82) is 0 Å². The number of nitrogens with one attached hydrogen (secondary N) is 1. The van der Waals surface area contributed by atoms with Crippen molar-refractivity contribution >= 4 is 11.8 Å². The molecule has 2 saturated heterocycles. The second-order valence-electron chi connectivity index (χ2n) is 8.82. The zero-order chi connectivity index (χ0) is 22.2. The Morgan fingerprint density at radius 3 is 2.28 bits per heavy atom. The molecule has 2 aliphatic heterocycles. The lowest BCUT2D eigenvalue weighted by molar-refractivity contribution is -0.122. The highest BCUT2D eigenvalue weighted by Crippen LogP contribution is 2.34. The highest BCUT2D eigenvalue weighted by Gasteiger charge is 2.34. The van der Waals surface area contributed by atoms with Crippen LogP contribution in [0.1, 0.15) is 35.2 Å². The highest BCUT2D eigenvalue weighted by molar-refractivity contribution is 5.94. The first-order valence-corrected chi connectivity index (χ1v) is 11.6. The van der Waals surface area contributed by atoms with Crippen LogP contribution in [0.3, 0.4) is 0 Å². The van der Waals surface area contributed by atoms with E-state index in [9.17, 15) is 9.59 Å². The van der Waals surface area contributed by atoms with Crippen molar-refractivity contribution in [3.63, 3.8) is 0 Å². The van der Waals surface area contributed by atoms with Gasteiger partial charge in [-0.25, -0.2) is 0 Å². The average Bonchev–Trinajstić information content (AvgIpc) is 3.09. The van der Waals surface area contributed by atoms with Crippen molar-refractivity contribution in [3.8, 4) is 0 Å². The second-order valence-corrected chi connectivity index (χ2v) is 8.82. The van der Waals surface area contributed by atoms with Crippen molar-refractivity contribution in [1.82, 2.24) is 15.1 Å². The number of ether oxygens (including phenoxy) is 1. The zero-order valence-corrected chi connectivity index (χ0v) is 18.7. The summed E-state index contributed by atoms with van der Waals surface area (Å²) < 4.78 is 5.60. The number of hydrogen-bond donors (Lipinski definition) is 1. The van der Waals surface area contributed by atoms with Gasteiger partial charge in [-0.2, -0.15) is 0 Å². The number of amides is 2. The minimum Gasteiger partial charge on any atom is -0.381 e. The smallest absolute Gasteiger partial charge is 0.253 e. The van der Waals surface area contributed by atoms with E-state index in [4.69, 9.17) is 4.74 Å². The summed E-state index contributed by atoms with van der Waals surface area (Å²) in [6.45, 7) is 5.35. The quantitative estimate of drug-likeness (QED) is 0.758. The van der Waals surface area contributed by atoms with Crippen molar-refractivity contribution < 1.29 is 14.3 Å². The first-order chi connectivity index (χ1) is 15.7. The molecule has 0 saturated carbocycles. The molecule has 2 fully saturated rings. The van der Waals surface area contributed by atoms with Gasteiger partial charge in [0.1, 0.15) is 0 Å². The Kier molecular flexibility index (Phi) is 7.55. The molecule has 0 atom stereocenters. The summed E-state index contributed by atoms with van der Waals surface area (Å²) in [5.74, 6) is 0.121. The van der Waals surface area contributed by atoms with Gasteiger partial charge in [0, 0.05) is 56.9 Å². The summed E-state index contributed by atoms with van der Waals surface area (Å²) in [5.41, 5.74) is 1.93. The van der Waals surface area contributed by atoms with E-state index in [-0.39, 0.29) is 17.2 Å². The van der Waals surface area contributed by atoms with Crippen LogP contribution in [0.4, 0.5) is 0 Å². The molecule has 2 aromatic carbocycles. The number of nitrogens with zero attached hydrogens (tertiary/aromatic N) is 2. The summed E-state index contributed by atoms with van der Waals surface area (Å²) in [7, 11) is 0. The monoisotopic (exact) mass is 435 g/mol. The van der Waals surface area contributed by atoms with Crippen molar-refractivity contribution in [3.05, 3.63) is 71.8 Å². The van der Waals surface area contributed by atoms with E-state index < -0.39 is 0 Å². The van der Waals surface area contributed by atoms with Crippen LogP contribution in [-0.2, 0) is 14.9 Å². The van der Waals surface area contributed by atoms with Crippen LogP contribution in [0.15, 0.2) is 60.7 Å². The van der Waals surface area contributed by atoms with Crippen LogP contribution in [-0.4, -0.2) is 74.1 Å². The highest BCUT2D eigenvalue weighted by atomic mass is 16.5. The lowest BCUT2D eigenvalue weighted by Crippen LogP contribution is -2.47. The van der Waals surface area contributed by atoms with Gasteiger partial charge < -0.3 is 15.0 Å².